The monoisotopic (exact) mass is 276 g/mol. The van der Waals surface area contributed by atoms with Crippen LogP contribution in [0.2, 0.25) is 0 Å². The van der Waals surface area contributed by atoms with Crippen molar-refractivity contribution < 1.29 is 19.2 Å². The number of nitrogens with zero attached hydrogens (tertiary/aromatic N) is 1. The Hall–Kier alpha value is -2.83. The van der Waals surface area contributed by atoms with E-state index in [2.05, 4.69) is 5.32 Å². The molecule has 1 aromatic heterocycles. The average molecular weight is 276 g/mol. The van der Waals surface area contributed by atoms with Crippen LogP contribution in [0.25, 0.3) is 0 Å². The Balaban J connectivity index is 2.43. The van der Waals surface area contributed by atoms with Crippen LogP contribution in [0.4, 0.5) is 11.4 Å². The summed E-state index contributed by atoms with van der Waals surface area (Å²) in [5, 5.41) is 23.0. The first-order valence-corrected chi connectivity index (χ1v) is 5.81. The lowest BCUT2D eigenvalue weighted by Gasteiger charge is -2.14. The summed E-state index contributed by atoms with van der Waals surface area (Å²) >= 11 is 0. The Bertz CT molecular complexity index is 604. The highest BCUT2D eigenvalue weighted by Gasteiger charge is 2.23. The standard InChI is InChI=1S/C13H12N2O5/c1-8(11-6-3-7-20-11)14-12-9(13(16)17)4-2-5-10(12)15(18)19/h2-8,14H,1H3,(H,16,17). The number of carboxylic acids is 1. The highest BCUT2D eigenvalue weighted by Crippen LogP contribution is 2.31. The second kappa shape index (κ2) is 5.43. The lowest BCUT2D eigenvalue weighted by Crippen LogP contribution is -2.12. The van der Waals surface area contributed by atoms with E-state index in [1.165, 1.54) is 24.5 Å². The van der Waals surface area contributed by atoms with Gasteiger partial charge in [0.25, 0.3) is 5.69 Å². The third-order valence-electron chi connectivity index (χ3n) is 2.80. The van der Waals surface area contributed by atoms with Crippen molar-refractivity contribution in [2.45, 2.75) is 13.0 Å². The Morgan fingerprint density at radius 2 is 2.15 bits per heavy atom. The van der Waals surface area contributed by atoms with Crippen LogP contribution in [0, 0.1) is 10.1 Å². The first kappa shape index (κ1) is 13.6. The number of aromatic carboxylic acids is 1. The number of benzene rings is 1. The molecule has 7 nitrogen and oxygen atoms in total. The molecule has 2 N–H and O–H groups in total. The summed E-state index contributed by atoms with van der Waals surface area (Å²) in [4.78, 5) is 21.6. The third-order valence-corrected chi connectivity index (χ3v) is 2.80. The molecule has 0 radical (unpaired) electrons. The minimum Gasteiger partial charge on any atom is -0.478 e. The summed E-state index contributed by atoms with van der Waals surface area (Å²) in [5.74, 6) is -0.678. The molecule has 0 aliphatic carbocycles. The predicted octanol–water partition coefficient (Wildman–Crippen LogP) is 3.06. The van der Waals surface area contributed by atoms with Crippen molar-refractivity contribution in [3.8, 4) is 0 Å². The zero-order chi connectivity index (χ0) is 14.7. The van der Waals surface area contributed by atoms with Gasteiger partial charge in [0, 0.05) is 6.07 Å². The molecule has 1 heterocycles. The van der Waals surface area contributed by atoms with Crippen molar-refractivity contribution in [1.82, 2.24) is 0 Å². The Labute approximate surface area is 114 Å². The highest BCUT2D eigenvalue weighted by molar-refractivity contribution is 5.96. The van der Waals surface area contributed by atoms with E-state index >= 15 is 0 Å². The van der Waals surface area contributed by atoms with E-state index in [0.717, 1.165) is 0 Å². The van der Waals surface area contributed by atoms with E-state index in [0.29, 0.717) is 5.76 Å². The smallest absolute Gasteiger partial charge is 0.338 e. The van der Waals surface area contributed by atoms with Crippen molar-refractivity contribution >= 4 is 17.3 Å². The summed E-state index contributed by atoms with van der Waals surface area (Å²) in [5.41, 5.74) is -0.477. The number of nitrogens with one attached hydrogen (secondary N) is 1. The molecule has 1 unspecified atom stereocenters. The maximum Gasteiger partial charge on any atom is 0.338 e. The topological polar surface area (TPSA) is 106 Å². The van der Waals surface area contributed by atoms with E-state index in [1.54, 1.807) is 19.1 Å². The van der Waals surface area contributed by atoms with Gasteiger partial charge in [-0.25, -0.2) is 4.79 Å². The van der Waals surface area contributed by atoms with Crippen molar-refractivity contribution in [3.05, 3.63) is 58.0 Å². The van der Waals surface area contributed by atoms with Gasteiger partial charge in [-0.1, -0.05) is 6.07 Å². The Morgan fingerprint density at radius 1 is 1.40 bits per heavy atom. The van der Waals surface area contributed by atoms with E-state index < -0.39 is 16.9 Å². The van der Waals surface area contributed by atoms with Crippen LogP contribution in [0.15, 0.2) is 41.0 Å². The number of rotatable bonds is 5. The van der Waals surface area contributed by atoms with Gasteiger partial charge in [0.1, 0.15) is 11.4 Å². The van der Waals surface area contributed by atoms with Crippen molar-refractivity contribution in [2.75, 3.05) is 5.32 Å². The number of hydrogen-bond acceptors (Lipinski definition) is 5. The fourth-order valence-electron chi connectivity index (χ4n) is 1.85. The van der Waals surface area contributed by atoms with Crippen LogP contribution in [-0.4, -0.2) is 16.0 Å². The number of carbonyl (C=O) groups is 1. The van der Waals surface area contributed by atoms with Crippen LogP contribution in [-0.2, 0) is 0 Å². The average Bonchev–Trinajstić information content (AvgIpc) is 2.92. The van der Waals surface area contributed by atoms with Gasteiger partial charge in [0.2, 0.25) is 0 Å². The molecule has 0 saturated heterocycles. The van der Waals surface area contributed by atoms with Gasteiger partial charge in [0.05, 0.1) is 22.8 Å². The SMILES string of the molecule is CC(Nc1c(C(=O)O)cccc1[N+](=O)[O-])c1ccco1. The summed E-state index contributed by atoms with van der Waals surface area (Å²) in [6.45, 7) is 1.72. The first-order chi connectivity index (χ1) is 9.50. The molecule has 2 rings (SSSR count). The lowest BCUT2D eigenvalue weighted by atomic mass is 10.1. The van der Waals surface area contributed by atoms with Gasteiger partial charge in [-0.05, 0) is 25.1 Å². The van der Waals surface area contributed by atoms with E-state index in [-0.39, 0.29) is 16.9 Å². The van der Waals surface area contributed by atoms with Gasteiger partial charge in [-0.2, -0.15) is 0 Å². The van der Waals surface area contributed by atoms with Gasteiger partial charge in [0.15, 0.2) is 0 Å². The minimum absolute atomic E-state index is 0.0334. The summed E-state index contributed by atoms with van der Waals surface area (Å²) in [6, 6.07) is 6.89. The largest absolute Gasteiger partial charge is 0.478 e. The molecule has 104 valence electrons. The lowest BCUT2D eigenvalue weighted by molar-refractivity contribution is -0.384. The van der Waals surface area contributed by atoms with Crippen LogP contribution in [0.1, 0.15) is 29.1 Å². The Kier molecular flexibility index (Phi) is 3.69. The molecule has 20 heavy (non-hydrogen) atoms. The molecule has 0 aliphatic heterocycles. The van der Waals surface area contributed by atoms with Crippen molar-refractivity contribution in [3.63, 3.8) is 0 Å². The zero-order valence-electron chi connectivity index (χ0n) is 10.6. The predicted molar refractivity (Wildman–Crippen MR) is 70.8 cm³/mol. The van der Waals surface area contributed by atoms with Crippen molar-refractivity contribution in [2.24, 2.45) is 0 Å². The molecule has 0 spiro atoms. The van der Waals surface area contributed by atoms with E-state index in [4.69, 9.17) is 9.52 Å². The molecule has 0 saturated carbocycles. The molecular formula is C13H12N2O5. The summed E-state index contributed by atoms with van der Waals surface area (Å²) < 4.78 is 5.19. The third kappa shape index (κ3) is 2.61. The fraction of sp³-hybridized carbons (Fsp3) is 0.154. The van der Waals surface area contributed by atoms with E-state index in [9.17, 15) is 14.9 Å². The molecular weight excluding hydrogens is 264 g/mol. The van der Waals surface area contributed by atoms with E-state index in [1.807, 2.05) is 0 Å². The first-order valence-electron chi connectivity index (χ1n) is 5.81. The molecule has 0 aliphatic rings. The highest BCUT2D eigenvalue weighted by atomic mass is 16.6. The van der Waals surface area contributed by atoms with Crippen LogP contribution in [0.5, 0.6) is 0 Å². The molecule has 2 aromatic rings. The Morgan fingerprint density at radius 3 is 2.70 bits per heavy atom. The summed E-state index contributed by atoms with van der Waals surface area (Å²) in [6.07, 6.45) is 1.48. The van der Waals surface area contributed by atoms with Crippen LogP contribution < -0.4 is 5.32 Å². The quantitative estimate of drug-likeness (QED) is 0.642. The molecule has 7 heteroatoms. The number of hydrogen-bond donors (Lipinski definition) is 2. The maximum atomic E-state index is 11.2. The van der Waals surface area contributed by atoms with Crippen molar-refractivity contribution in [1.29, 1.82) is 0 Å². The molecule has 0 bridgehead atoms. The molecule has 1 aromatic carbocycles. The number of para-hydroxylation sites is 1. The normalized spacial score (nSPS) is 11.8. The number of anilines is 1. The van der Waals surface area contributed by atoms with Gasteiger partial charge >= 0.3 is 5.97 Å². The molecule has 0 fully saturated rings. The molecule has 1 atom stereocenters. The van der Waals surface area contributed by atoms with Gasteiger partial charge < -0.3 is 14.8 Å². The number of furan rings is 1. The van der Waals surface area contributed by atoms with Crippen LogP contribution >= 0.6 is 0 Å². The minimum atomic E-state index is -1.23. The zero-order valence-corrected chi connectivity index (χ0v) is 10.6. The second-order valence-electron chi connectivity index (χ2n) is 4.14. The number of carboxylic acid groups (broad SMARTS) is 1. The van der Waals surface area contributed by atoms with Gasteiger partial charge in [-0.15, -0.1) is 0 Å². The second-order valence-corrected chi connectivity index (χ2v) is 4.14. The number of nitro benzene ring substituents is 1. The summed E-state index contributed by atoms with van der Waals surface area (Å²) in [7, 11) is 0. The number of nitro groups is 1. The maximum absolute atomic E-state index is 11.2. The fourth-order valence-corrected chi connectivity index (χ4v) is 1.85. The van der Waals surface area contributed by atoms with Gasteiger partial charge in [-0.3, -0.25) is 10.1 Å². The van der Waals surface area contributed by atoms with Crippen LogP contribution in [0.3, 0.4) is 0 Å². The molecule has 0 amide bonds.